The number of rotatable bonds is 4. The lowest BCUT2D eigenvalue weighted by Gasteiger charge is -2.02. The number of ketones is 3. The first-order valence-corrected chi connectivity index (χ1v) is 5.26. The fourth-order valence-electron chi connectivity index (χ4n) is 1.37. The maximum atomic E-state index is 11.3. The number of carbonyl (C=O) groups is 3. The van der Waals surface area contributed by atoms with Crippen molar-refractivity contribution in [3.8, 4) is 0 Å². The Labute approximate surface area is 100 Å². The Morgan fingerprint density at radius 3 is 1.71 bits per heavy atom. The quantitative estimate of drug-likeness (QED) is 0.590. The molecule has 0 heterocycles. The highest BCUT2D eigenvalue weighted by Gasteiger charge is 2.06. The summed E-state index contributed by atoms with van der Waals surface area (Å²) < 4.78 is 0. The van der Waals surface area contributed by atoms with E-state index >= 15 is 0 Å². The fraction of sp³-hybridized carbons (Fsp3) is 0.214. The van der Waals surface area contributed by atoms with E-state index in [0.717, 1.165) is 0 Å². The molecule has 0 atom stereocenters. The van der Waals surface area contributed by atoms with Crippen LogP contribution in [0.4, 0.5) is 0 Å². The predicted octanol–water partition coefficient (Wildman–Crippen LogP) is 2.69. The Morgan fingerprint density at radius 1 is 0.882 bits per heavy atom. The maximum absolute atomic E-state index is 11.3. The number of carbonyl (C=O) groups excluding carboxylic acids is 3. The molecule has 0 aromatic heterocycles. The molecule has 0 aliphatic heterocycles. The maximum Gasteiger partial charge on any atom is 0.159 e. The summed E-state index contributed by atoms with van der Waals surface area (Å²) in [5.41, 5.74) is 1.62. The van der Waals surface area contributed by atoms with Crippen molar-refractivity contribution in [3.05, 3.63) is 41.0 Å². The molecule has 3 nitrogen and oxygen atoms in total. The van der Waals surface area contributed by atoms with Crippen LogP contribution in [0.2, 0.25) is 0 Å². The molecular formula is C14H14O3. The third-order valence-corrected chi connectivity index (χ3v) is 2.28. The van der Waals surface area contributed by atoms with Gasteiger partial charge in [-0.05, 0) is 50.6 Å². The summed E-state index contributed by atoms with van der Waals surface area (Å²) in [6, 6.07) is 4.89. The predicted molar refractivity (Wildman–Crippen MR) is 66.2 cm³/mol. The minimum absolute atomic E-state index is 0.0809. The summed E-state index contributed by atoms with van der Waals surface area (Å²) in [5, 5.41) is 0. The molecule has 0 bridgehead atoms. The molecule has 1 aromatic rings. The van der Waals surface area contributed by atoms with Crippen LogP contribution in [0, 0.1) is 0 Å². The first kappa shape index (κ1) is 13.0. The second-order valence-corrected chi connectivity index (χ2v) is 3.90. The smallest absolute Gasteiger partial charge is 0.159 e. The average Bonchev–Trinajstić information content (AvgIpc) is 2.25. The van der Waals surface area contributed by atoms with Gasteiger partial charge in [0.15, 0.2) is 17.3 Å². The van der Waals surface area contributed by atoms with Crippen molar-refractivity contribution in [1.29, 1.82) is 0 Å². The van der Waals surface area contributed by atoms with Crippen LogP contribution >= 0.6 is 0 Å². The summed E-state index contributed by atoms with van der Waals surface area (Å²) in [4.78, 5) is 33.5. The second-order valence-electron chi connectivity index (χ2n) is 3.90. The summed E-state index contributed by atoms with van der Waals surface area (Å²) in [6.45, 7) is 4.33. The Balaban J connectivity index is 3.26. The van der Waals surface area contributed by atoms with Crippen LogP contribution in [0.1, 0.15) is 47.1 Å². The van der Waals surface area contributed by atoms with Crippen LogP contribution < -0.4 is 0 Å². The Kier molecular flexibility index (Phi) is 4.10. The van der Waals surface area contributed by atoms with Crippen LogP contribution in [0.25, 0.3) is 6.08 Å². The van der Waals surface area contributed by atoms with Gasteiger partial charge in [-0.2, -0.15) is 0 Å². The molecule has 1 rings (SSSR count). The highest BCUT2D eigenvalue weighted by atomic mass is 16.1. The van der Waals surface area contributed by atoms with Crippen molar-refractivity contribution >= 4 is 23.4 Å². The van der Waals surface area contributed by atoms with Gasteiger partial charge in [0.2, 0.25) is 0 Å². The molecule has 17 heavy (non-hydrogen) atoms. The first-order valence-electron chi connectivity index (χ1n) is 5.26. The molecule has 88 valence electrons. The first-order chi connectivity index (χ1) is 7.90. The van der Waals surface area contributed by atoms with E-state index in [-0.39, 0.29) is 17.3 Å². The number of hydrogen-bond acceptors (Lipinski definition) is 3. The number of allylic oxidation sites excluding steroid dienone is 1. The Morgan fingerprint density at radius 2 is 1.35 bits per heavy atom. The Bertz CT molecular complexity index is 478. The van der Waals surface area contributed by atoms with Crippen molar-refractivity contribution in [2.45, 2.75) is 20.8 Å². The molecule has 0 N–H and O–H groups in total. The third kappa shape index (κ3) is 3.79. The van der Waals surface area contributed by atoms with Crippen LogP contribution in [0.3, 0.4) is 0 Å². The highest BCUT2D eigenvalue weighted by molar-refractivity contribution is 6.01. The number of hydrogen-bond donors (Lipinski definition) is 0. The van der Waals surface area contributed by atoms with E-state index < -0.39 is 0 Å². The van der Waals surface area contributed by atoms with E-state index in [4.69, 9.17) is 0 Å². The zero-order valence-corrected chi connectivity index (χ0v) is 10.1. The van der Waals surface area contributed by atoms with Crippen molar-refractivity contribution < 1.29 is 14.4 Å². The van der Waals surface area contributed by atoms with Crippen molar-refractivity contribution in [1.82, 2.24) is 0 Å². The van der Waals surface area contributed by atoms with Crippen molar-refractivity contribution in [2.75, 3.05) is 0 Å². The molecule has 0 amide bonds. The molecule has 0 fully saturated rings. The van der Waals surface area contributed by atoms with Crippen molar-refractivity contribution in [3.63, 3.8) is 0 Å². The Hall–Kier alpha value is -2.03. The third-order valence-electron chi connectivity index (χ3n) is 2.28. The van der Waals surface area contributed by atoms with Crippen LogP contribution in [-0.4, -0.2) is 17.3 Å². The van der Waals surface area contributed by atoms with E-state index in [0.29, 0.717) is 16.7 Å². The molecular weight excluding hydrogens is 216 g/mol. The van der Waals surface area contributed by atoms with Gasteiger partial charge in [0.1, 0.15) is 0 Å². The van der Waals surface area contributed by atoms with Gasteiger partial charge < -0.3 is 0 Å². The molecule has 0 radical (unpaired) electrons. The summed E-state index contributed by atoms with van der Waals surface area (Å²) in [6.07, 6.45) is 3.00. The lowest BCUT2D eigenvalue weighted by Crippen LogP contribution is -1.99. The van der Waals surface area contributed by atoms with E-state index in [9.17, 15) is 14.4 Å². The van der Waals surface area contributed by atoms with E-state index in [1.807, 2.05) is 0 Å². The number of Topliss-reactive ketones (excluding diaryl/α,β-unsaturated/α-hetero) is 2. The fourth-order valence-corrected chi connectivity index (χ4v) is 1.37. The largest absolute Gasteiger partial charge is 0.295 e. The number of benzene rings is 1. The molecule has 0 aliphatic carbocycles. The van der Waals surface area contributed by atoms with E-state index in [2.05, 4.69) is 0 Å². The molecule has 1 aromatic carbocycles. The zero-order valence-electron chi connectivity index (χ0n) is 10.1. The van der Waals surface area contributed by atoms with Gasteiger partial charge in [-0.1, -0.05) is 6.08 Å². The van der Waals surface area contributed by atoms with Crippen molar-refractivity contribution in [2.24, 2.45) is 0 Å². The molecule has 0 spiro atoms. The van der Waals surface area contributed by atoms with Gasteiger partial charge in [-0.15, -0.1) is 0 Å². The molecule has 3 heteroatoms. The zero-order chi connectivity index (χ0) is 13.0. The SMILES string of the molecule is CC(=O)C=Cc1cc(C(C)=O)cc(C(C)=O)c1. The van der Waals surface area contributed by atoms with E-state index in [1.165, 1.54) is 26.8 Å². The lowest BCUT2D eigenvalue weighted by molar-refractivity contribution is -0.112. The molecule has 0 aliphatic rings. The summed E-state index contributed by atoms with van der Waals surface area (Å²) >= 11 is 0. The summed E-state index contributed by atoms with van der Waals surface area (Å²) in [7, 11) is 0. The average molecular weight is 230 g/mol. The van der Waals surface area contributed by atoms with Crippen LogP contribution in [-0.2, 0) is 4.79 Å². The monoisotopic (exact) mass is 230 g/mol. The molecule has 0 unspecified atom stereocenters. The van der Waals surface area contributed by atoms with Gasteiger partial charge in [-0.25, -0.2) is 0 Å². The minimum Gasteiger partial charge on any atom is -0.295 e. The molecule has 0 saturated heterocycles. The van der Waals surface area contributed by atoms with Gasteiger partial charge in [-0.3, -0.25) is 14.4 Å². The minimum atomic E-state index is -0.106. The molecule has 0 saturated carbocycles. The van der Waals surface area contributed by atoms with Gasteiger partial charge in [0, 0.05) is 11.1 Å². The van der Waals surface area contributed by atoms with E-state index in [1.54, 1.807) is 24.3 Å². The highest BCUT2D eigenvalue weighted by Crippen LogP contribution is 2.13. The van der Waals surface area contributed by atoms with Gasteiger partial charge in [0.25, 0.3) is 0 Å². The summed E-state index contributed by atoms with van der Waals surface area (Å²) in [5.74, 6) is -0.293. The van der Waals surface area contributed by atoms with Crippen LogP contribution in [0.5, 0.6) is 0 Å². The second kappa shape index (κ2) is 5.34. The van der Waals surface area contributed by atoms with Gasteiger partial charge >= 0.3 is 0 Å². The lowest BCUT2D eigenvalue weighted by atomic mass is 10.0. The topological polar surface area (TPSA) is 51.2 Å². The normalized spacial score (nSPS) is 10.5. The standard InChI is InChI=1S/C14H14O3/c1-9(15)4-5-12-6-13(10(2)16)8-14(7-12)11(3)17/h4-8H,1-3H3. The van der Waals surface area contributed by atoms with Crippen LogP contribution in [0.15, 0.2) is 24.3 Å². The van der Waals surface area contributed by atoms with Gasteiger partial charge in [0.05, 0.1) is 0 Å².